The van der Waals surface area contributed by atoms with Crippen molar-refractivity contribution in [2.45, 2.75) is 46.8 Å². The van der Waals surface area contributed by atoms with E-state index in [0.717, 1.165) is 12.8 Å². The summed E-state index contributed by atoms with van der Waals surface area (Å²) in [5.74, 6) is 0.229. The van der Waals surface area contributed by atoms with E-state index in [9.17, 15) is 14.4 Å². The summed E-state index contributed by atoms with van der Waals surface area (Å²) >= 11 is 0. The van der Waals surface area contributed by atoms with E-state index >= 15 is 0 Å². The first-order chi connectivity index (χ1) is 19.1. The molecule has 0 fully saturated rings. The number of hydrogen-bond acceptors (Lipinski definition) is 8. The summed E-state index contributed by atoms with van der Waals surface area (Å²) in [6.45, 7) is 6.83. The monoisotopic (exact) mass is 542 g/mol. The number of aromatic nitrogens is 4. The van der Waals surface area contributed by atoms with E-state index in [1.54, 1.807) is 42.5 Å². The molecule has 2 aliphatic rings. The van der Waals surface area contributed by atoms with Crippen molar-refractivity contribution < 1.29 is 18.8 Å². The van der Waals surface area contributed by atoms with E-state index in [1.807, 2.05) is 6.07 Å². The molecule has 0 spiro atoms. The van der Waals surface area contributed by atoms with Crippen molar-refractivity contribution in [1.29, 1.82) is 0 Å². The summed E-state index contributed by atoms with van der Waals surface area (Å²) in [5, 5.41) is 6.82. The van der Waals surface area contributed by atoms with Gasteiger partial charge in [-0.25, -0.2) is 4.98 Å². The Labute approximate surface area is 230 Å². The second kappa shape index (κ2) is 9.51. The largest absolute Gasteiger partial charge is 0.461 e. The number of nitrogens with zero attached hydrogens (tertiary/aromatic N) is 5. The molecule has 0 saturated carbocycles. The van der Waals surface area contributed by atoms with Crippen LogP contribution in [0.1, 0.15) is 48.1 Å². The van der Waals surface area contributed by atoms with E-state index in [1.165, 1.54) is 29.0 Å². The highest BCUT2D eigenvalue weighted by molar-refractivity contribution is 6.06. The van der Waals surface area contributed by atoms with Crippen LogP contribution in [-0.2, 0) is 42.6 Å². The van der Waals surface area contributed by atoms with E-state index in [0.29, 0.717) is 47.1 Å². The first-order valence-corrected chi connectivity index (χ1v) is 13.1. The predicted molar refractivity (Wildman–Crippen MR) is 147 cm³/mol. The number of amides is 1. The van der Waals surface area contributed by atoms with Crippen molar-refractivity contribution in [3.05, 3.63) is 75.8 Å². The molecule has 11 heteroatoms. The molecule has 206 valence electrons. The minimum atomic E-state index is -0.451. The van der Waals surface area contributed by atoms with Crippen LogP contribution in [0.2, 0.25) is 0 Å². The van der Waals surface area contributed by atoms with Crippen LogP contribution >= 0.6 is 0 Å². The van der Waals surface area contributed by atoms with Crippen molar-refractivity contribution in [1.82, 2.24) is 19.3 Å². The van der Waals surface area contributed by atoms with Gasteiger partial charge in [0.1, 0.15) is 30.1 Å². The van der Waals surface area contributed by atoms with Gasteiger partial charge in [0.25, 0.3) is 11.5 Å². The molecule has 4 aromatic heterocycles. The van der Waals surface area contributed by atoms with Gasteiger partial charge >= 0.3 is 5.97 Å². The average Bonchev–Trinajstić information content (AvgIpc) is 3.60. The molecular formula is C29H30N6O5. The van der Waals surface area contributed by atoms with Gasteiger partial charge in [-0.2, -0.15) is 0 Å². The number of esters is 1. The van der Waals surface area contributed by atoms with Crippen molar-refractivity contribution in [3.8, 4) is 11.1 Å². The Morgan fingerprint density at radius 2 is 2.00 bits per heavy atom. The number of pyridine rings is 2. The molecule has 1 aliphatic heterocycles. The maximum atomic E-state index is 13.8. The van der Waals surface area contributed by atoms with Gasteiger partial charge in [-0.05, 0) is 47.6 Å². The number of ether oxygens (including phenoxy) is 1. The lowest BCUT2D eigenvalue weighted by Gasteiger charge is -2.31. The third-order valence-corrected chi connectivity index (χ3v) is 7.53. The van der Waals surface area contributed by atoms with Gasteiger partial charge in [-0.1, -0.05) is 19.0 Å². The molecule has 1 amide bonds. The third kappa shape index (κ3) is 4.47. The smallest absolute Gasteiger partial charge is 0.302 e. The number of hydrogen-bond donors (Lipinski definition) is 1. The zero-order chi connectivity index (χ0) is 28.2. The molecule has 0 aromatic carbocycles. The van der Waals surface area contributed by atoms with Gasteiger partial charge in [0.05, 0.1) is 0 Å². The van der Waals surface area contributed by atoms with Crippen LogP contribution in [0.4, 0.5) is 17.3 Å². The molecule has 0 saturated heterocycles. The van der Waals surface area contributed by atoms with E-state index in [2.05, 4.69) is 33.9 Å². The molecule has 0 radical (unpaired) electrons. The second-order valence-electron chi connectivity index (χ2n) is 11.1. The summed E-state index contributed by atoms with van der Waals surface area (Å²) in [7, 11) is 1.65. The van der Waals surface area contributed by atoms with Crippen LogP contribution in [0.3, 0.4) is 0 Å². The topological polar surface area (TPSA) is 124 Å². The Bertz CT molecular complexity index is 1700. The normalized spacial score (nSPS) is 15.6. The maximum Gasteiger partial charge on any atom is 0.302 e. The highest BCUT2D eigenvalue weighted by atomic mass is 16.5. The molecule has 4 aromatic rings. The van der Waals surface area contributed by atoms with Gasteiger partial charge in [-0.15, -0.1) is 0 Å². The molecular weight excluding hydrogens is 512 g/mol. The van der Waals surface area contributed by atoms with Crippen LogP contribution in [0.25, 0.3) is 11.1 Å². The zero-order valence-electron chi connectivity index (χ0n) is 22.9. The SMILES string of the molecule is CC(=O)OCc1c(-c2cc(Nc3ccon3)c(=O)n(C)c2)ccnc1N1CCn2c(cc3c2CC(C)(C)C3)C1=O. The number of aryl methyl sites for hydroxylation is 1. The standard InChI is InChI=1S/C29H30N6O5/c1-17(36)39-16-21-20(19-11-22(27(37)33(4)15-19)31-25-6-10-40-32-25)5-7-30-26(21)35-9-8-34-23(28(35)38)12-18-13-29(2,3)14-24(18)34/h5-7,10-12,15H,8-9,13-14,16H2,1-4H3,(H,31,32). The molecule has 0 unspecified atom stereocenters. The Hall–Kier alpha value is -4.67. The summed E-state index contributed by atoms with van der Waals surface area (Å²) in [6.07, 6.45) is 6.62. The van der Waals surface area contributed by atoms with Gasteiger partial charge < -0.3 is 23.7 Å². The van der Waals surface area contributed by atoms with Crippen LogP contribution in [0.15, 0.2) is 52.2 Å². The summed E-state index contributed by atoms with van der Waals surface area (Å²) in [6, 6.07) is 7.11. The van der Waals surface area contributed by atoms with Gasteiger partial charge in [-0.3, -0.25) is 19.3 Å². The highest BCUT2D eigenvalue weighted by Gasteiger charge is 2.37. The molecule has 0 bridgehead atoms. The zero-order valence-corrected chi connectivity index (χ0v) is 22.9. The van der Waals surface area contributed by atoms with Crippen LogP contribution in [0.5, 0.6) is 0 Å². The van der Waals surface area contributed by atoms with Gasteiger partial charge in [0, 0.05) is 62.3 Å². The van der Waals surface area contributed by atoms with E-state index in [4.69, 9.17) is 9.26 Å². The molecule has 40 heavy (non-hydrogen) atoms. The minimum absolute atomic E-state index is 0.0851. The number of anilines is 3. The van der Waals surface area contributed by atoms with Gasteiger partial charge in [0.15, 0.2) is 5.82 Å². The molecule has 0 atom stereocenters. The van der Waals surface area contributed by atoms with Gasteiger partial charge in [0.2, 0.25) is 0 Å². The quantitative estimate of drug-likeness (QED) is 0.365. The van der Waals surface area contributed by atoms with Crippen LogP contribution in [-0.4, -0.2) is 37.7 Å². The summed E-state index contributed by atoms with van der Waals surface area (Å²) < 4.78 is 13.9. The lowest BCUT2D eigenvalue weighted by molar-refractivity contribution is -0.142. The fraction of sp³-hybridized carbons (Fsp3) is 0.345. The van der Waals surface area contributed by atoms with Crippen LogP contribution in [0, 0.1) is 5.41 Å². The highest BCUT2D eigenvalue weighted by Crippen LogP contribution is 2.40. The number of carbonyl (C=O) groups excluding carboxylic acids is 2. The predicted octanol–water partition coefficient (Wildman–Crippen LogP) is 3.83. The third-order valence-electron chi connectivity index (χ3n) is 7.53. The van der Waals surface area contributed by atoms with Crippen molar-refractivity contribution in [3.63, 3.8) is 0 Å². The number of carbonyl (C=O) groups is 2. The molecule has 1 aliphatic carbocycles. The number of nitrogens with one attached hydrogen (secondary N) is 1. The number of rotatable bonds is 6. The summed E-state index contributed by atoms with van der Waals surface area (Å²) in [5.41, 5.74) is 5.28. The fourth-order valence-corrected chi connectivity index (χ4v) is 5.78. The minimum Gasteiger partial charge on any atom is -0.461 e. The summed E-state index contributed by atoms with van der Waals surface area (Å²) in [4.78, 5) is 44.8. The Morgan fingerprint density at radius 3 is 2.75 bits per heavy atom. The second-order valence-corrected chi connectivity index (χ2v) is 11.1. The molecule has 6 rings (SSSR count). The fourth-order valence-electron chi connectivity index (χ4n) is 5.78. The maximum absolute atomic E-state index is 13.8. The molecule has 1 N–H and O–H groups in total. The number of fused-ring (bicyclic) bond motifs is 3. The van der Waals surface area contributed by atoms with E-state index in [-0.39, 0.29) is 29.2 Å². The van der Waals surface area contributed by atoms with E-state index < -0.39 is 5.97 Å². The lowest BCUT2D eigenvalue weighted by atomic mass is 9.90. The van der Waals surface area contributed by atoms with Crippen molar-refractivity contribution >= 4 is 29.2 Å². The van der Waals surface area contributed by atoms with Crippen molar-refractivity contribution in [2.24, 2.45) is 12.5 Å². The lowest BCUT2D eigenvalue weighted by Crippen LogP contribution is -2.41. The average molecular weight is 543 g/mol. The first kappa shape index (κ1) is 25.6. The Morgan fingerprint density at radius 1 is 1.18 bits per heavy atom. The Balaban J connectivity index is 1.42. The first-order valence-electron chi connectivity index (χ1n) is 13.1. The van der Waals surface area contributed by atoms with Crippen LogP contribution < -0.4 is 15.8 Å². The Kier molecular flexibility index (Phi) is 6.09. The molecule has 11 nitrogen and oxygen atoms in total. The van der Waals surface area contributed by atoms with Crippen molar-refractivity contribution in [2.75, 3.05) is 16.8 Å². The molecule has 5 heterocycles.